The molecule has 0 aliphatic heterocycles. The van der Waals surface area contributed by atoms with Crippen molar-refractivity contribution >= 4 is 23.1 Å². The van der Waals surface area contributed by atoms with E-state index >= 15 is 0 Å². The second-order valence-electron chi connectivity index (χ2n) is 2.80. The van der Waals surface area contributed by atoms with Crippen molar-refractivity contribution in [2.24, 2.45) is 0 Å². The topological polar surface area (TPSA) is 43.4 Å². The van der Waals surface area contributed by atoms with Crippen LogP contribution in [-0.2, 0) is 0 Å². The Bertz CT molecular complexity index is 385. The van der Waals surface area contributed by atoms with Crippen LogP contribution >= 0.6 is 11.6 Å². The summed E-state index contributed by atoms with van der Waals surface area (Å²) in [4.78, 5) is 21.7. The fourth-order valence-electron chi connectivity index (χ4n) is 1.20. The standard InChI is InChI=1S/C10H9ClO3/c1-6-3-7(14-2)4-8(10(11)13)9(6)5-12/h3-5H,1-2H3. The van der Waals surface area contributed by atoms with Gasteiger partial charge in [-0.3, -0.25) is 9.59 Å². The summed E-state index contributed by atoms with van der Waals surface area (Å²) in [6.07, 6.45) is 0.615. The van der Waals surface area contributed by atoms with Crippen LogP contribution in [0, 0.1) is 6.92 Å². The van der Waals surface area contributed by atoms with Crippen LogP contribution in [0.25, 0.3) is 0 Å². The summed E-state index contributed by atoms with van der Waals surface area (Å²) in [5.41, 5.74) is 1.16. The molecule has 0 spiro atoms. The Kier molecular flexibility index (Phi) is 3.25. The van der Waals surface area contributed by atoms with Crippen molar-refractivity contribution < 1.29 is 14.3 Å². The maximum absolute atomic E-state index is 11.0. The first kappa shape index (κ1) is 10.7. The second-order valence-corrected chi connectivity index (χ2v) is 3.14. The smallest absolute Gasteiger partial charge is 0.253 e. The van der Waals surface area contributed by atoms with E-state index < -0.39 is 5.24 Å². The average Bonchev–Trinajstić information content (AvgIpc) is 2.16. The summed E-state index contributed by atoms with van der Waals surface area (Å²) in [7, 11) is 1.48. The molecule has 14 heavy (non-hydrogen) atoms. The van der Waals surface area contributed by atoms with Crippen LogP contribution in [0.5, 0.6) is 5.75 Å². The molecule has 74 valence electrons. The van der Waals surface area contributed by atoms with Gasteiger partial charge in [0.25, 0.3) is 5.24 Å². The Morgan fingerprint density at radius 2 is 2.14 bits per heavy atom. The lowest BCUT2D eigenvalue weighted by molar-refractivity contribution is 0.106. The van der Waals surface area contributed by atoms with Gasteiger partial charge in [-0.15, -0.1) is 0 Å². The minimum absolute atomic E-state index is 0.179. The lowest BCUT2D eigenvalue weighted by Gasteiger charge is -2.07. The summed E-state index contributed by atoms with van der Waals surface area (Å²) in [5, 5.41) is -0.658. The number of carbonyl (C=O) groups excluding carboxylic acids is 2. The quantitative estimate of drug-likeness (QED) is 0.570. The molecular weight excluding hydrogens is 204 g/mol. The maximum Gasteiger partial charge on any atom is 0.253 e. The number of aldehydes is 1. The highest BCUT2D eigenvalue weighted by Crippen LogP contribution is 2.22. The van der Waals surface area contributed by atoms with Crippen molar-refractivity contribution in [3.05, 3.63) is 28.8 Å². The number of ether oxygens (including phenoxy) is 1. The van der Waals surface area contributed by atoms with Crippen LogP contribution in [0.1, 0.15) is 26.3 Å². The third-order valence-electron chi connectivity index (χ3n) is 1.93. The number of methoxy groups -OCH3 is 1. The van der Waals surface area contributed by atoms with Crippen molar-refractivity contribution in [2.75, 3.05) is 7.11 Å². The van der Waals surface area contributed by atoms with E-state index in [0.717, 1.165) is 0 Å². The Hall–Kier alpha value is -1.35. The lowest BCUT2D eigenvalue weighted by Crippen LogP contribution is -2.00. The predicted octanol–water partition coefficient (Wildman–Crippen LogP) is 2.20. The molecule has 0 saturated carbocycles. The number of hydrogen-bond acceptors (Lipinski definition) is 3. The number of aryl methyl sites for hydroxylation is 1. The van der Waals surface area contributed by atoms with Crippen LogP contribution in [0.4, 0.5) is 0 Å². The summed E-state index contributed by atoms with van der Waals surface area (Å²) in [6, 6.07) is 3.12. The first-order chi connectivity index (χ1) is 6.60. The molecule has 0 aliphatic carbocycles. The van der Waals surface area contributed by atoms with E-state index in [9.17, 15) is 9.59 Å². The fourth-order valence-corrected chi connectivity index (χ4v) is 1.36. The molecule has 0 radical (unpaired) electrons. The van der Waals surface area contributed by atoms with Crippen molar-refractivity contribution in [1.82, 2.24) is 0 Å². The molecule has 0 aliphatic rings. The average molecular weight is 213 g/mol. The predicted molar refractivity (Wildman–Crippen MR) is 53.3 cm³/mol. The fraction of sp³-hybridized carbons (Fsp3) is 0.200. The Morgan fingerprint density at radius 1 is 1.50 bits per heavy atom. The van der Waals surface area contributed by atoms with Gasteiger partial charge in [0.2, 0.25) is 0 Å². The number of halogens is 1. The van der Waals surface area contributed by atoms with Gasteiger partial charge < -0.3 is 4.74 Å². The van der Waals surface area contributed by atoms with Gasteiger partial charge in [0.05, 0.1) is 7.11 Å². The van der Waals surface area contributed by atoms with E-state index in [4.69, 9.17) is 16.3 Å². The van der Waals surface area contributed by atoms with Gasteiger partial charge in [-0.2, -0.15) is 0 Å². The van der Waals surface area contributed by atoms with Crippen molar-refractivity contribution in [2.45, 2.75) is 6.92 Å². The number of benzene rings is 1. The molecule has 0 amide bonds. The molecule has 1 aromatic carbocycles. The Morgan fingerprint density at radius 3 is 2.57 bits per heavy atom. The summed E-state index contributed by atoms with van der Waals surface area (Å²) in [6.45, 7) is 1.72. The van der Waals surface area contributed by atoms with Crippen molar-refractivity contribution in [3.63, 3.8) is 0 Å². The maximum atomic E-state index is 11.0. The zero-order valence-electron chi connectivity index (χ0n) is 7.83. The van der Waals surface area contributed by atoms with Crippen LogP contribution in [0.2, 0.25) is 0 Å². The highest BCUT2D eigenvalue weighted by Gasteiger charge is 2.12. The minimum atomic E-state index is -0.658. The van der Waals surface area contributed by atoms with E-state index in [1.165, 1.54) is 13.2 Å². The first-order valence-electron chi connectivity index (χ1n) is 3.93. The summed E-state index contributed by atoms with van der Waals surface area (Å²) >= 11 is 5.33. The molecule has 0 saturated heterocycles. The van der Waals surface area contributed by atoms with Crippen LogP contribution < -0.4 is 4.74 Å². The highest BCUT2D eigenvalue weighted by molar-refractivity contribution is 6.68. The van der Waals surface area contributed by atoms with Gasteiger partial charge in [0, 0.05) is 11.1 Å². The zero-order valence-corrected chi connectivity index (χ0v) is 8.59. The van der Waals surface area contributed by atoms with Crippen LogP contribution in [-0.4, -0.2) is 18.6 Å². The Labute approximate surface area is 86.6 Å². The SMILES string of the molecule is COc1cc(C)c(C=O)c(C(=O)Cl)c1. The molecule has 0 bridgehead atoms. The number of rotatable bonds is 3. The minimum Gasteiger partial charge on any atom is -0.497 e. The molecule has 3 nitrogen and oxygen atoms in total. The lowest BCUT2D eigenvalue weighted by atomic mass is 10.0. The van der Waals surface area contributed by atoms with Crippen molar-refractivity contribution in [1.29, 1.82) is 0 Å². The van der Waals surface area contributed by atoms with E-state index in [-0.39, 0.29) is 5.56 Å². The molecule has 0 atom stereocenters. The summed E-state index contributed by atoms with van der Waals surface area (Å²) in [5.74, 6) is 0.511. The molecular formula is C10H9ClO3. The van der Waals surface area contributed by atoms with Gasteiger partial charge in [-0.1, -0.05) is 0 Å². The van der Waals surface area contributed by atoms with Crippen LogP contribution in [0.15, 0.2) is 12.1 Å². The molecule has 0 unspecified atom stereocenters. The Balaban J connectivity index is 3.43. The number of hydrogen-bond donors (Lipinski definition) is 0. The summed E-state index contributed by atoms with van der Waals surface area (Å²) < 4.78 is 4.96. The molecule has 0 aromatic heterocycles. The molecule has 4 heteroatoms. The first-order valence-corrected chi connectivity index (χ1v) is 4.31. The third-order valence-corrected chi connectivity index (χ3v) is 2.13. The largest absolute Gasteiger partial charge is 0.497 e. The normalized spacial score (nSPS) is 9.64. The van der Waals surface area contributed by atoms with Gasteiger partial charge in [-0.05, 0) is 36.2 Å². The van der Waals surface area contributed by atoms with E-state index in [1.807, 2.05) is 0 Å². The van der Waals surface area contributed by atoms with Gasteiger partial charge >= 0.3 is 0 Å². The zero-order chi connectivity index (χ0) is 10.7. The van der Waals surface area contributed by atoms with E-state index in [1.54, 1.807) is 13.0 Å². The van der Waals surface area contributed by atoms with Gasteiger partial charge in [0.1, 0.15) is 5.75 Å². The van der Waals surface area contributed by atoms with Crippen molar-refractivity contribution in [3.8, 4) is 5.75 Å². The monoisotopic (exact) mass is 212 g/mol. The van der Waals surface area contributed by atoms with Gasteiger partial charge in [0.15, 0.2) is 6.29 Å². The number of carbonyl (C=O) groups is 2. The van der Waals surface area contributed by atoms with E-state index in [2.05, 4.69) is 0 Å². The van der Waals surface area contributed by atoms with Crippen LogP contribution in [0.3, 0.4) is 0 Å². The van der Waals surface area contributed by atoms with E-state index in [0.29, 0.717) is 23.2 Å². The second kappa shape index (κ2) is 4.24. The third kappa shape index (κ3) is 1.93. The molecule has 1 aromatic rings. The molecule has 1 rings (SSSR count). The molecule has 0 heterocycles. The molecule has 0 fully saturated rings. The highest BCUT2D eigenvalue weighted by atomic mass is 35.5. The van der Waals surface area contributed by atoms with Gasteiger partial charge in [-0.25, -0.2) is 0 Å². The molecule has 0 N–H and O–H groups in total.